The van der Waals surface area contributed by atoms with Crippen LogP contribution in [0.4, 0.5) is 0 Å². The Labute approximate surface area is 218 Å². The number of carboxylic acid groups (broad SMARTS) is 1. The van der Waals surface area contributed by atoms with E-state index in [2.05, 4.69) is 10.6 Å². The fourth-order valence-electron chi connectivity index (χ4n) is 3.71. The topological polar surface area (TPSA) is 116 Å². The molecule has 1 aliphatic heterocycles. The first kappa shape index (κ1) is 25.2. The molecule has 1 aliphatic rings. The van der Waals surface area contributed by atoms with Crippen molar-refractivity contribution in [2.45, 2.75) is 26.1 Å². The number of halogens is 2. The van der Waals surface area contributed by atoms with E-state index in [-0.39, 0.29) is 28.1 Å². The summed E-state index contributed by atoms with van der Waals surface area (Å²) in [5, 5.41) is 15.8. The van der Waals surface area contributed by atoms with Crippen LogP contribution in [0.2, 0.25) is 10.0 Å². The van der Waals surface area contributed by atoms with Gasteiger partial charge in [0.05, 0.1) is 25.4 Å². The standard InChI is InChI=1S/C23H19Cl2N3O5S2/c1-11-4-5-16(35-11)22(31)28-7-6-13-12(10-28)9-14(24)17(18(13)25)21(30)27-19(23(32)33)26-20(29)15-3-2-8-34-15/h2-5,8-9,19H,6-7,10H2,1H3,(H,26,29)(H,27,30)(H,32,33)/t19-/m1/s1. The Hall–Kier alpha value is -2.92. The van der Waals surface area contributed by atoms with Gasteiger partial charge in [0.25, 0.3) is 17.7 Å². The van der Waals surface area contributed by atoms with E-state index in [9.17, 15) is 24.3 Å². The maximum absolute atomic E-state index is 13.0. The van der Waals surface area contributed by atoms with Crippen LogP contribution in [0, 0.1) is 6.92 Å². The highest BCUT2D eigenvalue weighted by atomic mass is 35.5. The highest BCUT2D eigenvalue weighted by molar-refractivity contribution is 7.14. The first-order valence-electron chi connectivity index (χ1n) is 10.4. The lowest BCUT2D eigenvalue weighted by atomic mass is 9.96. The van der Waals surface area contributed by atoms with E-state index in [0.29, 0.717) is 33.8 Å². The number of nitrogens with one attached hydrogen (secondary N) is 2. The Balaban J connectivity index is 1.53. The summed E-state index contributed by atoms with van der Waals surface area (Å²) in [5.74, 6) is -3.02. The number of benzene rings is 1. The number of fused-ring (bicyclic) bond motifs is 1. The van der Waals surface area contributed by atoms with Crippen molar-refractivity contribution in [2.24, 2.45) is 0 Å². The molecule has 2 aromatic heterocycles. The molecule has 1 aromatic carbocycles. The second-order valence-corrected chi connectivity index (χ2v) is 10.8. The second kappa shape index (κ2) is 10.4. The summed E-state index contributed by atoms with van der Waals surface area (Å²) in [4.78, 5) is 53.4. The van der Waals surface area contributed by atoms with Crippen LogP contribution in [0.25, 0.3) is 0 Å². The minimum absolute atomic E-state index is 0.0150. The molecule has 3 aromatic rings. The Morgan fingerprint density at radius 2 is 1.83 bits per heavy atom. The highest BCUT2D eigenvalue weighted by Gasteiger charge is 2.30. The van der Waals surface area contributed by atoms with Crippen LogP contribution >= 0.6 is 45.9 Å². The molecule has 0 radical (unpaired) electrons. The molecule has 0 unspecified atom stereocenters. The number of carbonyl (C=O) groups excluding carboxylic acids is 3. The number of carboxylic acids is 1. The lowest BCUT2D eigenvalue weighted by Crippen LogP contribution is -2.52. The molecule has 4 rings (SSSR count). The number of carbonyl (C=O) groups is 4. The largest absolute Gasteiger partial charge is 0.478 e. The molecule has 35 heavy (non-hydrogen) atoms. The second-order valence-electron chi connectivity index (χ2n) is 7.77. The quantitative estimate of drug-likeness (QED) is 0.397. The third kappa shape index (κ3) is 5.35. The molecule has 8 nitrogen and oxygen atoms in total. The predicted molar refractivity (Wildman–Crippen MR) is 135 cm³/mol. The number of thiophene rings is 2. The number of hydrogen-bond acceptors (Lipinski definition) is 6. The SMILES string of the molecule is Cc1ccc(C(=O)N2CCc3c(cc(Cl)c(C(=O)N[C@@H](NC(=O)c4cccs4)C(=O)O)c3Cl)C2)s1. The fourth-order valence-corrected chi connectivity index (χ4v) is 5.94. The van der Waals surface area contributed by atoms with Crippen LogP contribution in [0.3, 0.4) is 0 Å². The number of hydrogen-bond donors (Lipinski definition) is 3. The summed E-state index contributed by atoms with van der Waals surface area (Å²) < 4.78 is 0. The number of nitrogens with zero attached hydrogens (tertiary/aromatic N) is 1. The molecule has 12 heteroatoms. The van der Waals surface area contributed by atoms with Gasteiger partial charge in [0.2, 0.25) is 6.17 Å². The summed E-state index contributed by atoms with van der Waals surface area (Å²) >= 11 is 15.5. The molecular weight excluding hydrogens is 533 g/mol. The minimum atomic E-state index is -1.69. The van der Waals surface area contributed by atoms with Crippen molar-refractivity contribution in [2.75, 3.05) is 6.54 Å². The van der Waals surface area contributed by atoms with E-state index in [0.717, 1.165) is 16.2 Å². The molecule has 0 spiro atoms. The zero-order valence-corrected chi connectivity index (χ0v) is 21.4. The summed E-state index contributed by atoms with van der Waals surface area (Å²) in [6.07, 6.45) is -1.29. The van der Waals surface area contributed by atoms with Crippen LogP contribution in [-0.2, 0) is 17.8 Å². The molecule has 3 N–H and O–H groups in total. The zero-order chi connectivity index (χ0) is 25.3. The van der Waals surface area contributed by atoms with E-state index in [1.165, 1.54) is 17.4 Å². The number of rotatable bonds is 6. The molecule has 3 heterocycles. The van der Waals surface area contributed by atoms with Crippen molar-refractivity contribution >= 4 is 69.6 Å². The van der Waals surface area contributed by atoms with Crippen LogP contribution in [0.15, 0.2) is 35.7 Å². The molecular formula is C23H19Cl2N3O5S2. The van der Waals surface area contributed by atoms with Gasteiger partial charge in [-0.1, -0.05) is 29.3 Å². The van der Waals surface area contributed by atoms with Crippen LogP contribution in [0.1, 0.15) is 45.7 Å². The predicted octanol–water partition coefficient (Wildman–Crippen LogP) is 4.19. The van der Waals surface area contributed by atoms with Gasteiger partial charge in [-0.05, 0) is 54.1 Å². The van der Waals surface area contributed by atoms with Gasteiger partial charge in [-0.15, -0.1) is 22.7 Å². The maximum Gasteiger partial charge on any atom is 0.347 e. The summed E-state index contributed by atoms with van der Waals surface area (Å²) in [5.41, 5.74) is 1.30. The zero-order valence-electron chi connectivity index (χ0n) is 18.3. The smallest absolute Gasteiger partial charge is 0.347 e. The van der Waals surface area contributed by atoms with Gasteiger partial charge in [0, 0.05) is 18.0 Å². The minimum Gasteiger partial charge on any atom is -0.478 e. The number of amides is 3. The van der Waals surface area contributed by atoms with Gasteiger partial charge < -0.3 is 20.6 Å². The Bertz CT molecular complexity index is 1320. The van der Waals surface area contributed by atoms with Gasteiger partial charge in [0.1, 0.15) is 0 Å². The van der Waals surface area contributed by atoms with Gasteiger partial charge in [-0.25, -0.2) is 4.79 Å². The summed E-state index contributed by atoms with van der Waals surface area (Å²) in [6.45, 7) is 2.61. The van der Waals surface area contributed by atoms with Crippen molar-refractivity contribution in [1.29, 1.82) is 0 Å². The average Bonchev–Trinajstić information content (AvgIpc) is 3.50. The van der Waals surface area contributed by atoms with Gasteiger partial charge in [0.15, 0.2) is 0 Å². The molecule has 182 valence electrons. The van der Waals surface area contributed by atoms with Crippen molar-refractivity contribution < 1.29 is 24.3 Å². The Morgan fingerprint density at radius 3 is 2.46 bits per heavy atom. The van der Waals surface area contributed by atoms with Crippen molar-refractivity contribution in [3.63, 3.8) is 0 Å². The molecule has 0 bridgehead atoms. The third-order valence-corrected chi connectivity index (χ3v) is 7.99. The van der Waals surface area contributed by atoms with Gasteiger partial charge >= 0.3 is 5.97 Å². The summed E-state index contributed by atoms with van der Waals surface area (Å²) in [6, 6.07) is 8.43. The molecule has 0 saturated heterocycles. The number of aryl methyl sites for hydroxylation is 1. The van der Waals surface area contributed by atoms with Gasteiger partial charge in [-0.3, -0.25) is 14.4 Å². The van der Waals surface area contributed by atoms with E-state index in [4.69, 9.17) is 23.2 Å². The summed E-state index contributed by atoms with van der Waals surface area (Å²) in [7, 11) is 0. The normalized spacial score (nSPS) is 13.6. The number of aliphatic carboxylic acids is 1. The van der Waals surface area contributed by atoms with Crippen LogP contribution < -0.4 is 10.6 Å². The Kier molecular flexibility index (Phi) is 7.46. The van der Waals surface area contributed by atoms with Crippen LogP contribution in [-0.4, -0.2) is 46.4 Å². The third-order valence-electron chi connectivity index (χ3n) is 5.41. The molecule has 0 fully saturated rings. The fraction of sp³-hybridized carbons (Fsp3) is 0.217. The van der Waals surface area contributed by atoms with E-state index < -0.39 is 23.9 Å². The van der Waals surface area contributed by atoms with Crippen LogP contribution in [0.5, 0.6) is 0 Å². The van der Waals surface area contributed by atoms with Gasteiger partial charge in [-0.2, -0.15) is 0 Å². The Morgan fingerprint density at radius 1 is 1.09 bits per heavy atom. The first-order valence-corrected chi connectivity index (χ1v) is 12.8. The van der Waals surface area contributed by atoms with Crippen molar-refractivity contribution in [3.05, 3.63) is 77.1 Å². The van der Waals surface area contributed by atoms with Crippen molar-refractivity contribution in [3.8, 4) is 0 Å². The molecule has 0 aliphatic carbocycles. The van der Waals surface area contributed by atoms with E-state index in [1.54, 1.807) is 28.5 Å². The maximum atomic E-state index is 13.0. The molecule has 0 saturated carbocycles. The lowest BCUT2D eigenvalue weighted by Gasteiger charge is -2.30. The van der Waals surface area contributed by atoms with Crippen molar-refractivity contribution in [1.82, 2.24) is 15.5 Å². The van der Waals surface area contributed by atoms with E-state index >= 15 is 0 Å². The average molecular weight is 552 g/mol. The lowest BCUT2D eigenvalue weighted by molar-refractivity contribution is -0.139. The van der Waals surface area contributed by atoms with E-state index in [1.807, 2.05) is 13.0 Å². The monoisotopic (exact) mass is 551 g/mol. The molecule has 1 atom stereocenters. The molecule has 3 amide bonds. The highest BCUT2D eigenvalue weighted by Crippen LogP contribution is 2.35. The first-order chi connectivity index (χ1) is 16.7.